The van der Waals surface area contributed by atoms with Crippen molar-refractivity contribution in [1.82, 2.24) is 5.32 Å². The first kappa shape index (κ1) is 9.27. The van der Waals surface area contributed by atoms with Crippen LogP contribution < -0.4 is 5.32 Å². The van der Waals surface area contributed by atoms with Gasteiger partial charge in [-0.3, -0.25) is 0 Å². The Kier molecular flexibility index (Phi) is 3.30. The first-order valence-electron chi connectivity index (χ1n) is 4.54. The van der Waals surface area contributed by atoms with Crippen LogP contribution in [0.15, 0.2) is 24.3 Å². The quantitative estimate of drug-likeness (QED) is 0.722. The maximum absolute atomic E-state index is 3.39. The third-order valence-electron chi connectivity index (χ3n) is 2.05. The first-order valence-corrected chi connectivity index (χ1v) is 4.54. The molecule has 0 radical (unpaired) electrons. The van der Waals surface area contributed by atoms with Gasteiger partial charge in [0, 0.05) is 6.04 Å². The van der Waals surface area contributed by atoms with Gasteiger partial charge in [-0.15, -0.1) is 0 Å². The Morgan fingerprint density at radius 2 is 2.17 bits per heavy atom. The van der Waals surface area contributed by atoms with E-state index in [4.69, 9.17) is 0 Å². The van der Waals surface area contributed by atoms with Crippen LogP contribution in [0.25, 0.3) is 0 Å². The van der Waals surface area contributed by atoms with E-state index in [1.807, 2.05) is 0 Å². The van der Waals surface area contributed by atoms with Gasteiger partial charge in [-0.1, -0.05) is 36.8 Å². The maximum Gasteiger partial charge on any atom is 0.0291 e. The summed E-state index contributed by atoms with van der Waals surface area (Å²) >= 11 is 0. The number of hydrogen-bond acceptors (Lipinski definition) is 1. The summed E-state index contributed by atoms with van der Waals surface area (Å²) in [6.45, 7) is 7.47. The SMILES string of the molecule is CCN[C@@H](C)c1cccc(C)c1. The third kappa shape index (κ3) is 2.35. The fourth-order valence-electron chi connectivity index (χ4n) is 1.36. The average molecular weight is 163 g/mol. The molecular weight excluding hydrogens is 146 g/mol. The highest BCUT2D eigenvalue weighted by Gasteiger charge is 2.01. The van der Waals surface area contributed by atoms with E-state index in [2.05, 4.69) is 50.4 Å². The van der Waals surface area contributed by atoms with E-state index in [1.54, 1.807) is 0 Å². The van der Waals surface area contributed by atoms with E-state index >= 15 is 0 Å². The van der Waals surface area contributed by atoms with Crippen LogP contribution in [0.3, 0.4) is 0 Å². The van der Waals surface area contributed by atoms with Crippen LogP contribution in [-0.4, -0.2) is 6.54 Å². The van der Waals surface area contributed by atoms with E-state index in [0.29, 0.717) is 6.04 Å². The van der Waals surface area contributed by atoms with Gasteiger partial charge in [0.15, 0.2) is 0 Å². The van der Waals surface area contributed by atoms with Gasteiger partial charge in [-0.25, -0.2) is 0 Å². The second kappa shape index (κ2) is 4.27. The minimum absolute atomic E-state index is 0.467. The Balaban J connectivity index is 2.73. The minimum atomic E-state index is 0.467. The molecular formula is C11H17N. The zero-order valence-electron chi connectivity index (χ0n) is 8.09. The number of nitrogens with one attached hydrogen (secondary N) is 1. The van der Waals surface area contributed by atoms with Crippen molar-refractivity contribution < 1.29 is 0 Å². The highest BCUT2D eigenvalue weighted by molar-refractivity contribution is 5.24. The Hall–Kier alpha value is -0.820. The Morgan fingerprint density at radius 3 is 2.75 bits per heavy atom. The Bertz CT molecular complexity index is 243. The summed E-state index contributed by atoms with van der Waals surface area (Å²) in [6, 6.07) is 9.10. The van der Waals surface area contributed by atoms with Crippen molar-refractivity contribution in [3.63, 3.8) is 0 Å². The lowest BCUT2D eigenvalue weighted by atomic mass is 10.1. The molecule has 0 saturated carbocycles. The number of rotatable bonds is 3. The molecule has 1 atom stereocenters. The lowest BCUT2D eigenvalue weighted by Crippen LogP contribution is -2.17. The Labute approximate surface area is 74.8 Å². The smallest absolute Gasteiger partial charge is 0.0291 e. The number of aryl methyl sites for hydroxylation is 1. The topological polar surface area (TPSA) is 12.0 Å². The molecule has 1 aromatic rings. The fourth-order valence-corrected chi connectivity index (χ4v) is 1.36. The molecule has 0 aromatic heterocycles. The third-order valence-corrected chi connectivity index (χ3v) is 2.05. The molecule has 0 amide bonds. The molecule has 0 aliphatic carbocycles. The van der Waals surface area contributed by atoms with Gasteiger partial charge in [0.1, 0.15) is 0 Å². The van der Waals surface area contributed by atoms with Gasteiger partial charge < -0.3 is 5.32 Å². The van der Waals surface area contributed by atoms with E-state index in [0.717, 1.165) is 6.54 Å². The second-order valence-electron chi connectivity index (χ2n) is 3.19. The molecule has 0 bridgehead atoms. The molecule has 0 heterocycles. The standard InChI is InChI=1S/C11H17N/c1-4-12-10(3)11-7-5-6-9(2)8-11/h5-8,10,12H,4H2,1-3H3/t10-/m0/s1. The predicted molar refractivity (Wildman–Crippen MR) is 53.3 cm³/mol. The van der Waals surface area contributed by atoms with Gasteiger partial charge in [0.25, 0.3) is 0 Å². The van der Waals surface area contributed by atoms with Crippen LogP contribution in [0.1, 0.15) is 31.0 Å². The lowest BCUT2D eigenvalue weighted by Gasteiger charge is -2.12. The van der Waals surface area contributed by atoms with Crippen molar-refractivity contribution in [3.05, 3.63) is 35.4 Å². The molecule has 0 aliphatic rings. The average Bonchev–Trinajstić information content (AvgIpc) is 2.05. The highest BCUT2D eigenvalue weighted by Crippen LogP contribution is 2.12. The van der Waals surface area contributed by atoms with E-state index in [-0.39, 0.29) is 0 Å². The molecule has 1 aromatic carbocycles. The monoisotopic (exact) mass is 163 g/mol. The van der Waals surface area contributed by atoms with Gasteiger partial charge in [-0.05, 0) is 26.0 Å². The fraction of sp³-hybridized carbons (Fsp3) is 0.455. The second-order valence-corrected chi connectivity index (χ2v) is 3.19. The summed E-state index contributed by atoms with van der Waals surface area (Å²) in [5, 5.41) is 3.39. The highest BCUT2D eigenvalue weighted by atomic mass is 14.9. The molecule has 1 nitrogen and oxygen atoms in total. The van der Waals surface area contributed by atoms with Crippen molar-refractivity contribution in [3.8, 4) is 0 Å². The van der Waals surface area contributed by atoms with Crippen LogP contribution in [0.5, 0.6) is 0 Å². The summed E-state index contributed by atoms with van der Waals surface area (Å²) in [7, 11) is 0. The summed E-state index contributed by atoms with van der Waals surface area (Å²) in [4.78, 5) is 0. The van der Waals surface area contributed by atoms with Crippen molar-refractivity contribution in [1.29, 1.82) is 0 Å². The molecule has 0 unspecified atom stereocenters. The predicted octanol–water partition coefficient (Wildman–Crippen LogP) is 2.67. The van der Waals surface area contributed by atoms with Crippen molar-refractivity contribution in [2.24, 2.45) is 0 Å². The molecule has 0 fully saturated rings. The van der Waals surface area contributed by atoms with E-state index in [1.165, 1.54) is 11.1 Å². The van der Waals surface area contributed by atoms with E-state index < -0.39 is 0 Å². The number of benzene rings is 1. The van der Waals surface area contributed by atoms with Gasteiger partial charge in [0.2, 0.25) is 0 Å². The van der Waals surface area contributed by atoms with Crippen LogP contribution >= 0.6 is 0 Å². The van der Waals surface area contributed by atoms with Gasteiger partial charge in [-0.2, -0.15) is 0 Å². The molecule has 0 aliphatic heterocycles. The summed E-state index contributed by atoms with van der Waals surface area (Å²) in [5.74, 6) is 0. The van der Waals surface area contributed by atoms with Crippen LogP contribution in [0.2, 0.25) is 0 Å². The molecule has 66 valence electrons. The molecule has 1 rings (SSSR count). The summed E-state index contributed by atoms with van der Waals surface area (Å²) in [5.41, 5.74) is 2.70. The zero-order chi connectivity index (χ0) is 8.97. The van der Waals surface area contributed by atoms with Crippen LogP contribution in [-0.2, 0) is 0 Å². The van der Waals surface area contributed by atoms with Crippen molar-refractivity contribution in [2.45, 2.75) is 26.8 Å². The molecule has 1 N–H and O–H groups in total. The zero-order valence-corrected chi connectivity index (χ0v) is 8.09. The summed E-state index contributed by atoms with van der Waals surface area (Å²) in [6.07, 6.45) is 0. The van der Waals surface area contributed by atoms with Gasteiger partial charge >= 0.3 is 0 Å². The minimum Gasteiger partial charge on any atom is -0.310 e. The molecule has 12 heavy (non-hydrogen) atoms. The largest absolute Gasteiger partial charge is 0.310 e. The first-order chi connectivity index (χ1) is 5.74. The summed E-state index contributed by atoms with van der Waals surface area (Å²) < 4.78 is 0. The van der Waals surface area contributed by atoms with Crippen molar-refractivity contribution >= 4 is 0 Å². The molecule has 0 spiro atoms. The van der Waals surface area contributed by atoms with E-state index in [9.17, 15) is 0 Å². The van der Waals surface area contributed by atoms with Crippen LogP contribution in [0.4, 0.5) is 0 Å². The van der Waals surface area contributed by atoms with Gasteiger partial charge in [0.05, 0.1) is 0 Å². The molecule has 1 heteroatoms. The number of hydrogen-bond donors (Lipinski definition) is 1. The Morgan fingerprint density at radius 1 is 1.42 bits per heavy atom. The van der Waals surface area contributed by atoms with Crippen molar-refractivity contribution in [2.75, 3.05) is 6.54 Å². The normalized spacial score (nSPS) is 12.9. The maximum atomic E-state index is 3.39. The lowest BCUT2D eigenvalue weighted by molar-refractivity contribution is 0.598. The molecule has 0 saturated heterocycles. The van der Waals surface area contributed by atoms with Crippen LogP contribution in [0, 0.1) is 6.92 Å².